The average molecular weight is 717 g/mol. The number of hydrogen-bond donors (Lipinski definition) is 0. The van der Waals surface area contributed by atoms with Crippen LogP contribution in [0.3, 0.4) is 0 Å². The number of rotatable bonds is 3. The van der Waals surface area contributed by atoms with Crippen LogP contribution in [0.2, 0.25) is 0 Å². The lowest BCUT2D eigenvalue weighted by atomic mass is 9.82. The first kappa shape index (κ1) is 31.7. The minimum atomic E-state index is -0.0948. The highest BCUT2D eigenvalue weighted by atomic mass is 15.0. The molecule has 0 bridgehead atoms. The molecule has 2 heterocycles. The van der Waals surface area contributed by atoms with Crippen molar-refractivity contribution in [3.8, 4) is 44.8 Å². The highest BCUT2D eigenvalue weighted by Gasteiger charge is 2.37. The fourth-order valence-electron chi connectivity index (χ4n) is 10.5. The summed E-state index contributed by atoms with van der Waals surface area (Å²) < 4.78 is 4.92. The lowest BCUT2D eigenvalue weighted by molar-refractivity contribution is 0.659. The molecule has 0 unspecified atom stereocenters. The van der Waals surface area contributed by atoms with Crippen molar-refractivity contribution in [2.45, 2.75) is 38.5 Å². The van der Waals surface area contributed by atoms with Gasteiger partial charge in [0.05, 0.1) is 22.1 Å². The van der Waals surface area contributed by atoms with E-state index >= 15 is 0 Å². The second-order valence-electron chi connectivity index (χ2n) is 17.0. The maximum absolute atomic E-state index is 2.53. The molecule has 2 aliphatic rings. The SMILES string of the molecule is CC1(C)c2ccccc2-c2ccc(-n3c4ccc(-c5ccc6c(c5)c5ccccc5n6-c5ccccc5)cc4c4cc5c(cc43)C(C)(C)c3ccccc3-5)cc21. The molecule has 12 rings (SSSR count). The highest BCUT2D eigenvalue weighted by molar-refractivity contribution is 6.14. The van der Waals surface area contributed by atoms with E-state index in [0.29, 0.717) is 0 Å². The van der Waals surface area contributed by atoms with Crippen molar-refractivity contribution >= 4 is 43.6 Å². The van der Waals surface area contributed by atoms with Crippen LogP contribution in [-0.4, -0.2) is 9.13 Å². The molecule has 56 heavy (non-hydrogen) atoms. The summed E-state index contributed by atoms with van der Waals surface area (Å²) in [6.07, 6.45) is 0. The van der Waals surface area contributed by atoms with Gasteiger partial charge >= 0.3 is 0 Å². The lowest BCUT2D eigenvalue weighted by Crippen LogP contribution is -2.15. The predicted molar refractivity (Wildman–Crippen MR) is 236 cm³/mol. The van der Waals surface area contributed by atoms with Crippen LogP contribution in [-0.2, 0) is 10.8 Å². The summed E-state index contributed by atoms with van der Waals surface area (Å²) in [5, 5.41) is 5.10. The Morgan fingerprint density at radius 2 is 0.804 bits per heavy atom. The van der Waals surface area contributed by atoms with Gasteiger partial charge in [-0.2, -0.15) is 0 Å². The molecule has 8 aromatic carbocycles. The zero-order chi connectivity index (χ0) is 37.5. The third-order valence-corrected chi connectivity index (χ3v) is 13.3. The molecule has 0 aliphatic heterocycles. The molecular formula is C54H40N2. The smallest absolute Gasteiger partial charge is 0.0544 e. The summed E-state index contributed by atoms with van der Waals surface area (Å²) in [7, 11) is 0. The van der Waals surface area contributed by atoms with E-state index in [1.54, 1.807) is 0 Å². The molecule has 0 saturated heterocycles. The number of fused-ring (bicyclic) bond motifs is 12. The monoisotopic (exact) mass is 716 g/mol. The maximum atomic E-state index is 2.53. The summed E-state index contributed by atoms with van der Waals surface area (Å²) in [6.45, 7) is 9.52. The first-order valence-corrected chi connectivity index (χ1v) is 19.9. The summed E-state index contributed by atoms with van der Waals surface area (Å²) in [5.74, 6) is 0. The van der Waals surface area contributed by atoms with Crippen molar-refractivity contribution in [1.82, 2.24) is 9.13 Å². The zero-order valence-corrected chi connectivity index (χ0v) is 32.1. The Kier molecular flexibility index (Phi) is 6.22. The first-order valence-electron chi connectivity index (χ1n) is 19.9. The Morgan fingerprint density at radius 3 is 1.50 bits per heavy atom. The quantitative estimate of drug-likeness (QED) is 0.172. The van der Waals surface area contributed by atoms with Crippen molar-refractivity contribution in [2.75, 3.05) is 0 Å². The second-order valence-corrected chi connectivity index (χ2v) is 17.0. The van der Waals surface area contributed by atoms with E-state index in [1.807, 2.05) is 0 Å². The van der Waals surface area contributed by atoms with Crippen LogP contribution in [0, 0.1) is 0 Å². The third-order valence-electron chi connectivity index (χ3n) is 13.3. The van der Waals surface area contributed by atoms with E-state index in [9.17, 15) is 0 Å². The van der Waals surface area contributed by atoms with Crippen molar-refractivity contribution < 1.29 is 0 Å². The number of nitrogens with zero attached hydrogens (tertiary/aromatic N) is 2. The molecule has 10 aromatic rings. The highest BCUT2D eigenvalue weighted by Crippen LogP contribution is 2.53. The Bertz CT molecular complexity index is 3300. The van der Waals surface area contributed by atoms with Gasteiger partial charge in [-0.3, -0.25) is 0 Å². The maximum Gasteiger partial charge on any atom is 0.0544 e. The van der Waals surface area contributed by atoms with E-state index < -0.39 is 0 Å². The molecule has 0 amide bonds. The standard InChI is InChI=1S/C54H40N2/c1-53(2)45-19-11-8-16-37(45)39-25-24-36(30-47(39)53)56-51-27-23-34(29-43(51)44-31-41-38-17-9-12-20-46(38)54(3,4)48(41)32-52(44)56)33-22-26-50-42(28-33)40-18-10-13-21-49(40)55(50)35-14-6-5-7-15-35/h5-32H,1-4H3. The van der Waals surface area contributed by atoms with Gasteiger partial charge in [-0.05, 0) is 122 Å². The number of aromatic nitrogens is 2. The molecule has 0 fully saturated rings. The molecule has 0 radical (unpaired) electrons. The molecular weight excluding hydrogens is 677 g/mol. The van der Waals surface area contributed by atoms with Crippen LogP contribution >= 0.6 is 0 Å². The average Bonchev–Trinajstić information content (AvgIpc) is 3.88. The summed E-state index contributed by atoms with van der Waals surface area (Å²) in [6, 6.07) is 63.7. The minimum absolute atomic E-state index is 0.0823. The number of hydrogen-bond acceptors (Lipinski definition) is 0. The van der Waals surface area contributed by atoms with Gasteiger partial charge in [0.15, 0.2) is 0 Å². The Balaban J connectivity index is 1.11. The van der Waals surface area contributed by atoms with E-state index in [4.69, 9.17) is 0 Å². The fraction of sp³-hybridized carbons (Fsp3) is 0.111. The van der Waals surface area contributed by atoms with E-state index in [1.165, 1.54) is 111 Å². The van der Waals surface area contributed by atoms with Crippen molar-refractivity contribution in [3.63, 3.8) is 0 Å². The molecule has 0 N–H and O–H groups in total. The number of para-hydroxylation sites is 2. The van der Waals surface area contributed by atoms with Gasteiger partial charge in [-0.15, -0.1) is 0 Å². The van der Waals surface area contributed by atoms with Crippen molar-refractivity contribution in [2.24, 2.45) is 0 Å². The molecule has 0 spiro atoms. The van der Waals surface area contributed by atoms with E-state index in [0.717, 1.165) is 0 Å². The van der Waals surface area contributed by atoms with Crippen LogP contribution < -0.4 is 0 Å². The molecule has 2 aromatic heterocycles. The van der Waals surface area contributed by atoms with Gasteiger partial charge in [0.1, 0.15) is 0 Å². The molecule has 0 atom stereocenters. The van der Waals surface area contributed by atoms with Gasteiger partial charge in [0.25, 0.3) is 0 Å². The van der Waals surface area contributed by atoms with Crippen molar-refractivity contribution in [1.29, 1.82) is 0 Å². The Hall–Kier alpha value is -6.64. The van der Waals surface area contributed by atoms with Crippen LogP contribution in [0.25, 0.3) is 88.4 Å². The summed E-state index contributed by atoms with van der Waals surface area (Å²) >= 11 is 0. The van der Waals surface area contributed by atoms with Gasteiger partial charge in [0, 0.05) is 43.7 Å². The van der Waals surface area contributed by atoms with Crippen LogP contribution in [0.4, 0.5) is 0 Å². The number of benzene rings is 8. The molecule has 2 heteroatoms. The largest absolute Gasteiger partial charge is 0.309 e. The van der Waals surface area contributed by atoms with Crippen LogP contribution in [0.1, 0.15) is 49.9 Å². The molecule has 2 nitrogen and oxygen atoms in total. The summed E-state index contributed by atoms with van der Waals surface area (Å²) in [4.78, 5) is 0. The van der Waals surface area contributed by atoms with Gasteiger partial charge in [-0.1, -0.05) is 131 Å². The fourth-order valence-corrected chi connectivity index (χ4v) is 10.5. The molecule has 2 aliphatic carbocycles. The molecule has 0 saturated carbocycles. The topological polar surface area (TPSA) is 9.86 Å². The van der Waals surface area contributed by atoms with Crippen LogP contribution in [0.15, 0.2) is 170 Å². The third kappa shape index (κ3) is 4.11. The zero-order valence-electron chi connectivity index (χ0n) is 32.1. The van der Waals surface area contributed by atoms with Gasteiger partial charge < -0.3 is 9.13 Å². The van der Waals surface area contributed by atoms with Crippen LogP contribution in [0.5, 0.6) is 0 Å². The predicted octanol–water partition coefficient (Wildman–Crippen LogP) is 14.2. The summed E-state index contributed by atoms with van der Waals surface area (Å²) in [5.41, 5.74) is 20.6. The Labute approximate surface area is 326 Å². The Morgan fingerprint density at radius 1 is 0.304 bits per heavy atom. The lowest BCUT2D eigenvalue weighted by Gasteiger charge is -2.23. The molecule has 266 valence electrons. The van der Waals surface area contributed by atoms with Crippen molar-refractivity contribution in [3.05, 3.63) is 192 Å². The second kappa shape index (κ2) is 11.0. The van der Waals surface area contributed by atoms with E-state index in [-0.39, 0.29) is 10.8 Å². The minimum Gasteiger partial charge on any atom is -0.309 e. The van der Waals surface area contributed by atoms with Gasteiger partial charge in [-0.25, -0.2) is 0 Å². The van der Waals surface area contributed by atoms with Gasteiger partial charge in [0.2, 0.25) is 0 Å². The van der Waals surface area contributed by atoms with E-state index in [2.05, 4.69) is 207 Å². The normalized spacial score (nSPS) is 14.7. The first-order chi connectivity index (χ1) is 27.3.